The maximum Gasteiger partial charge on any atom is 0.255 e. The van der Waals surface area contributed by atoms with Crippen LogP contribution in [0.5, 0.6) is 11.5 Å². The number of aromatic nitrogens is 3. The number of fused-ring (bicyclic) bond motifs is 1. The van der Waals surface area contributed by atoms with Gasteiger partial charge in [-0.2, -0.15) is 0 Å². The van der Waals surface area contributed by atoms with Gasteiger partial charge in [-0.15, -0.1) is 10.2 Å². The summed E-state index contributed by atoms with van der Waals surface area (Å²) in [6.07, 6.45) is 1.85. The molecule has 7 nitrogen and oxygen atoms in total. The number of carbonyl (C=O) groups excluding carboxylic acids is 1. The molecule has 0 saturated heterocycles. The van der Waals surface area contributed by atoms with Gasteiger partial charge >= 0.3 is 0 Å². The Labute approximate surface area is 132 Å². The second-order valence-corrected chi connectivity index (χ2v) is 4.79. The van der Waals surface area contributed by atoms with Gasteiger partial charge in [0.1, 0.15) is 11.5 Å². The normalized spacial score (nSPS) is 10.5. The van der Waals surface area contributed by atoms with Gasteiger partial charge in [0.05, 0.1) is 26.3 Å². The van der Waals surface area contributed by atoms with Crippen LogP contribution in [0.15, 0.2) is 42.6 Å². The van der Waals surface area contributed by atoms with E-state index in [4.69, 9.17) is 9.47 Å². The van der Waals surface area contributed by atoms with Gasteiger partial charge in [0, 0.05) is 12.3 Å². The Balaban J connectivity index is 1.77. The molecule has 0 saturated carbocycles. The fraction of sp³-hybridized carbons (Fsp3) is 0.188. The molecule has 2 aromatic heterocycles. The Morgan fingerprint density at radius 1 is 1.17 bits per heavy atom. The molecular formula is C16H16N4O3. The van der Waals surface area contributed by atoms with Gasteiger partial charge in [-0.25, -0.2) is 0 Å². The largest absolute Gasteiger partial charge is 0.497 e. The molecule has 0 bridgehead atoms. The molecule has 2 heterocycles. The van der Waals surface area contributed by atoms with E-state index in [9.17, 15) is 4.79 Å². The average molecular weight is 312 g/mol. The molecule has 1 N–H and O–H groups in total. The van der Waals surface area contributed by atoms with Crippen molar-refractivity contribution < 1.29 is 14.3 Å². The summed E-state index contributed by atoms with van der Waals surface area (Å²) in [5.41, 5.74) is 1.17. The average Bonchev–Trinajstić information content (AvgIpc) is 3.02. The molecule has 0 radical (unpaired) electrons. The van der Waals surface area contributed by atoms with Crippen molar-refractivity contribution in [2.24, 2.45) is 0 Å². The Morgan fingerprint density at radius 3 is 2.83 bits per heavy atom. The molecule has 0 spiro atoms. The minimum Gasteiger partial charge on any atom is -0.497 e. The van der Waals surface area contributed by atoms with Gasteiger partial charge in [-0.1, -0.05) is 6.07 Å². The summed E-state index contributed by atoms with van der Waals surface area (Å²) in [6.45, 7) is 0.263. The third kappa shape index (κ3) is 2.94. The van der Waals surface area contributed by atoms with Gasteiger partial charge in [0.25, 0.3) is 5.91 Å². The molecule has 3 aromatic rings. The van der Waals surface area contributed by atoms with Crippen molar-refractivity contribution >= 4 is 11.6 Å². The lowest BCUT2D eigenvalue weighted by molar-refractivity contribution is 0.0946. The highest BCUT2D eigenvalue weighted by molar-refractivity contribution is 5.97. The van der Waals surface area contributed by atoms with E-state index < -0.39 is 0 Å². The number of nitrogens with one attached hydrogen (secondary N) is 1. The van der Waals surface area contributed by atoms with Crippen LogP contribution in [0.1, 0.15) is 16.2 Å². The highest BCUT2D eigenvalue weighted by Crippen LogP contribution is 2.24. The molecule has 1 amide bonds. The number of hydrogen-bond donors (Lipinski definition) is 1. The molecule has 0 aliphatic rings. The lowest BCUT2D eigenvalue weighted by Crippen LogP contribution is -2.24. The van der Waals surface area contributed by atoms with E-state index in [1.54, 1.807) is 25.3 Å². The quantitative estimate of drug-likeness (QED) is 0.775. The summed E-state index contributed by atoms with van der Waals surface area (Å²) in [7, 11) is 3.07. The lowest BCUT2D eigenvalue weighted by atomic mass is 10.1. The second-order valence-electron chi connectivity index (χ2n) is 4.79. The number of pyridine rings is 1. The molecule has 0 fully saturated rings. The summed E-state index contributed by atoms with van der Waals surface area (Å²) in [5, 5.41) is 10.9. The number of ether oxygens (including phenoxy) is 2. The van der Waals surface area contributed by atoms with Gasteiger partial charge < -0.3 is 14.8 Å². The summed E-state index contributed by atoms with van der Waals surface area (Å²) >= 11 is 0. The zero-order valence-electron chi connectivity index (χ0n) is 12.8. The number of carbonyl (C=O) groups is 1. The molecule has 23 heavy (non-hydrogen) atoms. The Hall–Kier alpha value is -3.09. The van der Waals surface area contributed by atoms with E-state index in [1.165, 1.54) is 7.11 Å². The Bertz CT molecular complexity index is 844. The van der Waals surface area contributed by atoms with Crippen molar-refractivity contribution in [2.75, 3.05) is 14.2 Å². The molecule has 0 aliphatic carbocycles. The maximum atomic E-state index is 12.4. The molecule has 1 aromatic carbocycles. The Kier molecular flexibility index (Phi) is 4.09. The van der Waals surface area contributed by atoms with Crippen LogP contribution in [-0.4, -0.2) is 34.7 Å². The molecule has 3 rings (SSSR count). The minimum absolute atomic E-state index is 0.253. The number of nitrogens with zero attached hydrogens (tertiary/aromatic N) is 3. The fourth-order valence-electron chi connectivity index (χ4n) is 2.25. The summed E-state index contributed by atoms with van der Waals surface area (Å²) in [5.74, 6) is 1.48. The number of hydrogen-bond acceptors (Lipinski definition) is 5. The highest BCUT2D eigenvalue weighted by atomic mass is 16.5. The highest BCUT2D eigenvalue weighted by Gasteiger charge is 2.14. The van der Waals surface area contributed by atoms with Crippen LogP contribution in [0, 0.1) is 0 Å². The van der Waals surface area contributed by atoms with Crippen molar-refractivity contribution in [1.82, 2.24) is 19.9 Å². The van der Waals surface area contributed by atoms with Crippen LogP contribution >= 0.6 is 0 Å². The van der Waals surface area contributed by atoms with E-state index >= 15 is 0 Å². The predicted molar refractivity (Wildman–Crippen MR) is 83.7 cm³/mol. The van der Waals surface area contributed by atoms with Gasteiger partial charge in [-0.3, -0.25) is 9.20 Å². The minimum atomic E-state index is -0.253. The van der Waals surface area contributed by atoms with E-state index in [0.29, 0.717) is 22.9 Å². The van der Waals surface area contributed by atoms with Gasteiger partial charge in [-0.05, 0) is 24.3 Å². The topological polar surface area (TPSA) is 77.8 Å². The lowest BCUT2D eigenvalue weighted by Gasteiger charge is -2.10. The van der Waals surface area contributed by atoms with Crippen molar-refractivity contribution in [3.63, 3.8) is 0 Å². The molecule has 7 heteroatoms. The van der Waals surface area contributed by atoms with E-state index in [2.05, 4.69) is 15.5 Å². The van der Waals surface area contributed by atoms with Crippen molar-refractivity contribution in [1.29, 1.82) is 0 Å². The molecule has 0 atom stereocenters. The third-order valence-electron chi connectivity index (χ3n) is 3.44. The van der Waals surface area contributed by atoms with Crippen LogP contribution in [0.25, 0.3) is 5.65 Å². The third-order valence-corrected chi connectivity index (χ3v) is 3.44. The first kappa shape index (κ1) is 14.8. The van der Waals surface area contributed by atoms with E-state index in [0.717, 1.165) is 5.65 Å². The first-order valence-corrected chi connectivity index (χ1v) is 7.02. The van der Waals surface area contributed by atoms with Crippen LogP contribution in [-0.2, 0) is 6.54 Å². The summed E-state index contributed by atoms with van der Waals surface area (Å²) < 4.78 is 12.2. The summed E-state index contributed by atoms with van der Waals surface area (Å²) in [4.78, 5) is 12.4. The molecular weight excluding hydrogens is 296 g/mol. The first-order valence-electron chi connectivity index (χ1n) is 7.02. The van der Waals surface area contributed by atoms with Crippen molar-refractivity contribution in [3.8, 4) is 11.5 Å². The first-order chi connectivity index (χ1) is 11.2. The van der Waals surface area contributed by atoms with Gasteiger partial charge in [0.15, 0.2) is 11.5 Å². The molecule has 0 aliphatic heterocycles. The molecule has 118 valence electrons. The number of methoxy groups -OCH3 is 2. The zero-order chi connectivity index (χ0) is 16.2. The van der Waals surface area contributed by atoms with E-state index in [-0.39, 0.29) is 12.5 Å². The van der Waals surface area contributed by atoms with Crippen LogP contribution in [0.4, 0.5) is 0 Å². The summed E-state index contributed by atoms with van der Waals surface area (Å²) in [6, 6.07) is 10.7. The van der Waals surface area contributed by atoms with Crippen molar-refractivity contribution in [3.05, 3.63) is 54.0 Å². The number of rotatable bonds is 5. The standard InChI is InChI=1S/C16H16N4O3/c1-22-11-6-7-12(13(9-11)23-2)16(21)17-10-15-19-18-14-5-3-4-8-20(14)15/h3-9H,10H2,1-2H3,(H,17,21). The second kappa shape index (κ2) is 6.35. The smallest absolute Gasteiger partial charge is 0.255 e. The van der Waals surface area contributed by atoms with Crippen LogP contribution in [0.3, 0.4) is 0 Å². The number of amides is 1. The Morgan fingerprint density at radius 2 is 2.04 bits per heavy atom. The SMILES string of the molecule is COc1ccc(C(=O)NCc2nnc3ccccn23)c(OC)c1. The maximum absolute atomic E-state index is 12.4. The monoisotopic (exact) mass is 312 g/mol. The predicted octanol–water partition coefficient (Wildman–Crippen LogP) is 1.68. The van der Waals surface area contributed by atoms with Crippen LogP contribution < -0.4 is 14.8 Å². The zero-order valence-corrected chi connectivity index (χ0v) is 12.8. The molecule has 0 unspecified atom stereocenters. The fourth-order valence-corrected chi connectivity index (χ4v) is 2.25. The van der Waals surface area contributed by atoms with Crippen LogP contribution in [0.2, 0.25) is 0 Å². The van der Waals surface area contributed by atoms with E-state index in [1.807, 2.05) is 28.8 Å². The van der Waals surface area contributed by atoms with Gasteiger partial charge in [0.2, 0.25) is 0 Å². The number of benzene rings is 1. The van der Waals surface area contributed by atoms with Crippen molar-refractivity contribution in [2.45, 2.75) is 6.54 Å².